The van der Waals surface area contributed by atoms with Crippen LogP contribution in [-0.2, 0) is 19.9 Å². The van der Waals surface area contributed by atoms with Crippen molar-refractivity contribution >= 4 is 31.2 Å². The second-order valence-electron chi connectivity index (χ2n) is 4.47. The fourth-order valence-electron chi connectivity index (χ4n) is 1.67. The number of hydrogen-bond acceptors (Lipinski definition) is 5. The first kappa shape index (κ1) is 15.3. The van der Waals surface area contributed by atoms with Crippen LogP contribution in [0.5, 0.6) is 0 Å². The molecule has 0 saturated carbocycles. The van der Waals surface area contributed by atoms with Gasteiger partial charge in [0, 0.05) is 17.6 Å². The molecule has 0 aliphatic rings. The zero-order chi connectivity index (χ0) is 15.7. The lowest BCUT2D eigenvalue weighted by atomic mass is 10.3. The van der Waals surface area contributed by atoms with E-state index in [2.05, 4.69) is 4.72 Å². The summed E-state index contributed by atoms with van der Waals surface area (Å²) in [4.78, 5) is 0.157. The summed E-state index contributed by atoms with van der Waals surface area (Å²) >= 11 is 0. The van der Waals surface area contributed by atoms with Gasteiger partial charge in [-0.15, -0.1) is 0 Å². The van der Waals surface area contributed by atoms with Crippen molar-refractivity contribution in [1.82, 2.24) is 0 Å². The lowest BCUT2D eigenvalue weighted by Gasteiger charge is -2.09. The maximum Gasteiger partial charge on any atom is 0.261 e. The highest BCUT2D eigenvalue weighted by molar-refractivity contribution is 7.92. The smallest absolute Gasteiger partial charge is 0.261 e. The number of nitrogens with one attached hydrogen (secondary N) is 1. The van der Waals surface area contributed by atoms with Gasteiger partial charge in [0.05, 0.1) is 9.79 Å². The SMILES string of the molecule is CS(=O)(=O)c1ccc(NS(=O)(=O)c2cccc(N)c2)cc1. The van der Waals surface area contributed by atoms with E-state index >= 15 is 0 Å². The molecule has 0 amide bonds. The molecular weight excluding hydrogens is 312 g/mol. The summed E-state index contributed by atoms with van der Waals surface area (Å²) < 4.78 is 49.3. The molecule has 2 aromatic carbocycles. The molecular formula is C13H14N2O4S2. The topological polar surface area (TPSA) is 106 Å². The molecule has 8 heteroatoms. The van der Waals surface area contributed by atoms with Gasteiger partial charge >= 0.3 is 0 Å². The molecule has 21 heavy (non-hydrogen) atoms. The third kappa shape index (κ3) is 3.73. The zero-order valence-electron chi connectivity index (χ0n) is 11.1. The van der Waals surface area contributed by atoms with Gasteiger partial charge in [-0.1, -0.05) is 6.07 Å². The highest BCUT2D eigenvalue weighted by Gasteiger charge is 2.15. The fourth-order valence-corrected chi connectivity index (χ4v) is 3.41. The van der Waals surface area contributed by atoms with Crippen molar-refractivity contribution in [3.05, 3.63) is 48.5 Å². The average molecular weight is 326 g/mol. The van der Waals surface area contributed by atoms with Gasteiger partial charge in [-0.05, 0) is 42.5 Å². The van der Waals surface area contributed by atoms with Crippen molar-refractivity contribution in [2.45, 2.75) is 9.79 Å². The quantitative estimate of drug-likeness (QED) is 0.828. The molecule has 0 aliphatic carbocycles. The standard InChI is InChI=1S/C13H14N2O4S2/c1-20(16,17)12-7-5-11(6-8-12)15-21(18,19)13-4-2-3-10(14)9-13/h2-9,15H,14H2,1H3. The number of rotatable bonds is 4. The Kier molecular flexibility index (Phi) is 3.93. The minimum absolute atomic E-state index is 0.0367. The summed E-state index contributed by atoms with van der Waals surface area (Å²) in [7, 11) is -7.08. The largest absolute Gasteiger partial charge is 0.399 e. The summed E-state index contributed by atoms with van der Waals surface area (Å²) in [6.07, 6.45) is 1.08. The second-order valence-corrected chi connectivity index (χ2v) is 8.17. The number of hydrogen-bond donors (Lipinski definition) is 2. The van der Waals surface area contributed by atoms with Crippen LogP contribution < -0.4 is 10.5 Å². The Bertz CT molecular complexity index is 857. The Labute approximate surface area is 123 Å². The van der Waals surface area contributed by atoms with Crippen LogP contribution in [0, 0.1) is 0 Å². The number of nitrogen functional groups attached to an aromatic ring is 1. The van der Waals surface area contributed by atoms with E-state index in [4.69, 9.17) is 5.73 Å². The fraction of sp³-hybridized carbons (Fsp3) is 0.0769. The van der Waals surface area contributed by atoms with E-state index in [1.807, 2.05) is 0 Å². The summed E-state index contributed by atoms with van der Waals surface area (Å²) in [6, 6.07) is 11.3. The molecule has 3 N–H and O–H groups in total. The predicted molar refractivity (Wildman–Crippen MR) is 81.2 cm³/mol. The molecule has 6 nitrogen and oxygen atoms in total. The van der Waals surface area contributed by atoms with E-state index < -0.39 is 19.9 Å². The first-order valence-corrected chi connectivity index (χ1v) is 9.24. The van der Waals surface area contributed by atoms with Crippen molar-refractivity contribution in [3.8, 4) is 0 Å². The lowest BCUT2D eigenvalue weighted by molar-refractivity contribution is 0.600. The predicted octanol–water partition coefficient (Wildman–Crippen LogP) is 1.47. The molecule has 112 valence electrons. The third-order valence-corrected chi connectivity index (χ3v) is 5.21. The van der Waals surface area contributed by atoms with Crippen LogP contribution >= 0.6 is 0 Å². The molecule has 0 aromatic heterocycles. The van der Waals surface area contributed by atoms with E-state index in [0.29, 0.717) is 5.69 Å². The number of sulfone groups is 1. The summed E-state index contributed by atoms with van der Waals surface area (Å²) in [5.41, 5.74) is 6.16. The number of nitrogens with two attached hydrogens (primary N) is 1. The van der Waals surface area contributed by atoms with E-state index in [1.165, 1.54) is 42.5 Å². The Morgan fingerprint density at radius 1 is 0.905 bits per heavy atom. The number of benzene rings is 2. The Balaban J connectivity index is 2.29. The lowest BCUT2D eigenvalue weighted by Crippen LogP contribution is -2.13. The van der Waals surface area contributed by atoms with Crippen molar-refractivity contribution in [3.63, 3.8) is 0 Å². The van der Waals surface area contributed by atoms with Crippen LogP contribution in [0.25, 0.3) is 0 Å². The molecule has 0 bridgehead atoms. The third-order valence-electron chi connectivity index (χ3n) is 2.70. The van der Waals surface area contributed by atoms with Crippen LogP contribution in [0.4, 0.5) is 11.4 Å². The summed E-state index contributed by atoms with van der Waals surface area (Å²) in [5, 5.41) is 0. The van der Waals surface area contributed by atoms with Gasteiger partial charge < -0.3 is 5.73 Å². The molecule has 0 heterocycles. The molecule has 0 radical (unpaired) electrons. The van der Waals surface area contributed by atoms with Crippen LogP contribution in [0.2, 0.25) is 0 Å². The van der Waals surface area contributed by atoms with Crippen molar-refractivity contribution < 1.29 is 16.8 Å². The summed E-state index contributed by atoms with van der Waals surface area (Å²) in [6.45, 7) is 0. The maximum atomic E-state index is 12.2. The molecule has 0 unspecified atom stereocenters. The van der Waals surface area contributed by atoms with Gasteiger partial charge in [-0.3, -0.25) is 4.72 Å². The molecule has 2 rings (SSSR count). The van der Waals surface area contributed by atoms with Gasteiger partial charge in [0.15, 0.2) is 9.84 Å². The van der Waals surface area contributed by atoms with Crippen LogP contribution in [0.15, 0.2) is 58.3 Å². The van der Waals surface area contributed by atoms with Crippen molar-refractivity contribution in [2.75, 3.05) is 16.7 Å². The van der Waals surface area contributed by atoms with Crippen LogP contribution in [-0.4, -0.2) is 23.1 Å². The minimum atomic E-state index is -3.76. The van der Waals surface area contributed by atoms with Crippen LogP contribution in [0.1, 0.15) is 0 Å². The van der Waals surface area contributed by atoms with Gasteiger partial charge in [0.2, 0.25) is 0 Å². The highest BCUT2D eigenvalue weighted by atomic mass is 32.2. The van der Waals surface area contributed by atoms with E-state index in [0.717, 1.165) is 6.26 Å². The molecule has 0 saturated heterocycles. The first-order valence-electron chi connectivity index (χ1n) is 5.87. The second kappa shape index (κ2) is 5.38. The van der Waals surface area contributed by atoms with E-state index in [9.17, 15) is 16.8 Å². The highest BCUT2D eigenvalue weighted by Crippen LogP contribution is 2.19. The number of anilines is 2. The molecule has 0 aliphatic heterocycles. The van der Waals surface area contributed by atoms with Crippen molar-refractivity contribution in [2.24, 2.45) is 0 Å². The van der Waals surface area contributed by atoms with Crippen molar-refractivity contribution in [1.29, 1.82) is 0 Å². The minimum Gasteiger partial charge on any atom is -0.399 e. The van der Waals surface area contributed by atoms with Crippen LogP contribution in [0.3, 0.4) is 0 Å². The Morgan fingerprint density at radius 2 is 1.52 bits per heavy atom. The average Bonchev–Trinajstić information content (AvgIpc) is 2.38. The zero-order valence-corrected chi connectivity index (χ0v) is 12.8. The van der Waals surface area contributed by atoms with Gasteiger partial charge in [-0.2, -0.15) is 0 Å². The number of sulfonamides is 1. The van der Waals surface area contributed by atoms with Gasteiger partial charge in [0.25, 0.3) is 10.0 Å². The molecule has 0 spiro atoms. The van der Waals surface area contributed by atoms with Gasteiger partial charge in [0.1, 0.15) is 0 Å². The molecule has 0 atom stereocenters. The summed E-state index contributed by atoms with van der Waals surface area (Å²) in [5.74, 6) is 0. The maximum absolute atomic E-state index is 12.2. The monoisotopic (exact) mass is 326 g/mol. The molecule has 0 fully saturated rings. The Morgan fingerprint density at radius 3 is 2.05 bits per heavy atom. The van der Waals surface area contributed by atoms with E-state index in [1.54, 1.807) is 6.07 Å². The van der Waals surface area contributed by atoms with Gasteiger partial charge in [-0.25, -0.2) is 16.8 Å². The molecule has 2 aromatic rings. The Hall–Kier alpha value is -2.06. The first-order chi connectivity index (χ1) is 9.68. The van der Waals surface area contributed by atoms with E-state index in [-0.39, 0.29) is 15.5 Å². The normalized spacial score (nSPS) is 12.0.